The summed E-state index contributed by atoms with van der Waals surface area (Å²) < 4.78 is 6.42. The van der Waals surface area contributed by atoms with Gasteiger partial charge in [0.25, 0.3) is 0 Å². The molecule has 0 bridgehead atoms. The predicted octanol–water partition coefficient (Wildman–Crippen LogP) is 3.25. The molecular formula is C12H13BrClNO. The lowest BCUT2D eigenvalue weighted by Gasteiger charge is -2.42. The molecule has 0 spiro atoms. The van der Waals surface area contributed by atoms with E-state index < -0.39 is 0 Å². The summed E-state index contributed by atoms with van der Waals surface area (Å²) in [5, 5.41) is 0.803. The van der Waals surface area contributed by atoms with Gasteiger partial charge in [-0.05, 0) is 30.5 Å². The van der Waals surface area contributed by atoms with Gasteiger partial charge in [0, 0.05) is 21.7 Å². The third kappa shape index (κ3) is 1.75. The predicted molar refractivity (Wildman–Crippen MR) is 69.4 cm³/mol. The highest BCUT2D eigenvalue weighted by atomic mass is 79.9. The van der Waals surface area contributed by atoms with Crippen molar-refractivity contribution in [1.82, 2.24) is 0 Å². The molecule has 4 heteroatoms. The zero-order valence-corrected chi connectivity index (χ0v) is 11.2. The van der Waals surface area contributed by atoms with Gasteiger partial charge < -0.3 is 9.64 Å². The Kier molecular flexibility index (Phi) is 2.86. The van der Waals surface area contributed by atoms with Gasteiger partial charge >= 0.3 is 0 Å². The van der Waals surface area contributed by atoms with Crippen LogP contribution in [0, 0.1) is 0 Å². The largest absolute Gasteiger partial charge is 0.377 e. The topological polar surface area (TPSA) is 12.5 Å². The second kappa shape index (κ2) is 4.21. The van der Waals surface area contributed by atoms with Crippen LogP contribution in [-0.2, 0) is 11.2 Å². The molecule has 3 rings (SSSR count). The van der Waals surface area contributed by atoms with E-state index in [2.05, 4.69) is 26.9 Å². The Morgan fingerprint density at radius 2 is 2.19 bits per heavy atom. The summed E-state index contributed by atoms with van der Waals surface area (Å²) >= 11 is 9.73. The van der Waals surface area contributed by atoms with Gasteiger partial charge in [0.1, 0.15) is 0 Å². The zero-order valence-electron chi connectivity index (χ0n) is 8.88. The van der Waals surface area contributed by atoms with Crippen molar-refractivity contribution < 1.29 is 4.74 Å². The summed E-state index contributed by atoms with van der Waals surface area (Å²) in [6.07, 6.45) is 2.35. The SMILES string of the molecule is Clc1cc(Br)c2c(c1)N(C1COC1)CCC2. The monoisotopic (exact) mass is 301 g/mol. The second-order valence-corrected chi connectivity index (χ2v) is 5.66. The first-order valence-electron chi connectivity index (χ1n) is 5.58. The van der Waals surface area contributed by atoms with Crippen LogP contribution in [0.3, 0.4) is 0 Å². The minimum Gasteiger partial charge on any atom is -0.377 e. The molecule has 0 N–H and O–H groups in total. The van der Waals surface area contributed by atoms with E-state index >= 15 is 0 Å². The summed E-state index contributed by atoms with van der Waals surface area (Å²) in [5.74, 6) is 0. The minimum absolute atomic E-state index is 0.546. The number of hydrogen-bond donors (Lipinski definition) is 0. The lowest BCUT2D eigenvalue weighted by atomic mass is 9.99. The highest BCUT2D eigenvalue weighted by molar-refractivity contribution is 9.10. The van der Waals surface area contributed by atoms with E-state index in [1.165, 1.54) is 17.7 Å². The van der Waals surface area contributed by atoms with Crippen LogP contribution < -0.4 is 4.90 Å². The van der Waals surface area contributed by atoms with Crippen molar-refractivity contribution in [3.63, 3.8) is 0 Å². The molecule has 1 aromatic rings. The molecule has 16 heavy (non-hydrogen) atoms. The standard InChI is InChI=1S/C12H13BrClNO/c13-11-4-8(14)5-12-10(11)2-1-3-15(12)9-6-16-7-9/h4-5,9H,1-3,6-7H2. The number of nitrogens with zero attached hydrogens (tertiary/aromatic N) is 1. The number of ether oxygens (including phenoxy) is 1. The van der Waals surface area contributed by atoms with Crippen LogP contribution in [-0.4, -0.2) is 25.8 Å². The van der Waals surface area contributed by atoms with E-state index in [1.54, 1.807) is 0 Å². The Morgan fingerprint density at radius 3 is 2.88 bits per heavy atom. The fourth-order valence-corrected chi connectivity index (χ4v) is 3.42. The molecule has 1 fully saturated rings. The van der Waals surface area contributed by atoms with Gasteiger partial charge in [-0.2, -0.15) is 0 Å². The van der Waals surface area contributed by atoms with Crippen LogP contribution in [0.2, 0.25) is 5.02 Å². The van der Waals surface area contributed by atoms with Crippen molar-refractivity contribution in [2.24, 2.45) is 0 Å². The summed E-state index contributed by atoms with van der Waals surface area (Å²) in [7, 11) is 0. The van der Waals surface area contributed by atoms with Gasteiger partial charge in [-0.25, -0.2) is 0 Å². The maximum atomic E-state index is 6.13. The van der Waals surface area contributed by atoms with Crippen molar-refractivity contribution >= 4 is 33.2 Å². The van der Waals surface area contributed by atoms with Crippen LogP contribution in [0.25, 0.3) is 0 Å². The first-order valence-corrected chi connectivity index (χ1v) is 6.75. The molecule has 0 aliphatic carbocycles. The second-order valence-electron chi connectivity index (χ2n) is 4.37. The molecule has 2 aliphatic rings. The van der Waals surface area contributed by atoms with Crippen LogP contribution in [0.15, 0.2) is 16.6 Å². The molecule has 86 valence electrons. The number of rotatable bonds is 1. The van der Waals surface area contributed by atoms with Gasteiger partial charge in [-0.15, -0.1) is 0 Å². The van der Waals surface area contributed by atoms with Crippen molar-refractivity contribution in [3.05, 3.63) is 27.2 Å². The fourth-order valence-electron chi connectivity index (χ4n) is 2.42. The van der Waals surface area contributed by atoms with E-state index in [1.807, 2.05) is 6.07 Å². The van der Waals surface area contributed by atoms with Crippen LogP contribution in [0.1, 0.15) is 12.0 Å². The van der Waals surface area contributed by atoms with Gasteiger partial charge in [0.05, 0.1) is 19.3 Å². The number of fused-ring (bicyclic) bond motifs is 1. The summed E-state index contributed by atoms with van der Waals surface area (Å²) in [5.41, 5.74) is 2.68. The van der Waals surface area contributed by atoms with Gasteiger partial charge in [0.2, 0.25) is 0 Å². The smallest absolute Gasteiger partial charge is 0.0757 e. The normalized spacial score (nSPS) is 20.5. The van der Waals surface area contributed by atoms with Crippen LogP contribution in [0.5, 0.6) is 0 Å². The molecule has 1 aromatic carbocycles. The van der Waals surface area contributed by atoms with E-state index in [-0.39, 0.29) is 0 Å². The summed E-state index contributed by atoms with van der Waals surface area (Å²) in [4.78, 5) is 2.44. The molecule has 0 radical (unpaired) electrons. The Hall–Kier alpha value is -0.250. The molecule has 2 aliphatic heterocycles. The first kappa shape index (κ1) is 10.9. The maximum Gasteiger partial charge on any atom is 0.0757 e. The maximum absolute atomic E-state index is 6.13. The van der Waals surface area contributed by atoms with Gasteiger partial charge in [0.15, 0.2) is 0 Å². The average Bonchev–Trinajstić information content (AvgIpc) is 2.16. The summed E-state index contributed by atoms with van der Waals surface area (Å²) in [6.45, 7) is 2.82. The quantitative estimate of drug-likeness (QED) is 0.789. The molecule has 1 saturated heterocycles. The van der Waals surface area contributed by atoms with Gasteiger partial charge in [-0.3, -0.25) is 0 Å². The first-order chi connectivity index (χ1) is 7.75. The van der Waals surface area contributed by atoms with Gasteiger partial charge in [-0.1, -0.05) is 27.5 Å². The Morgan fingerprint density at radius 1 is 1.38 bits per heavy atom. The highest BCUT2D eigenvalue weighted by Gasteiger charge is 2.30. The van der Waals surface area contributed by atoms with Crippen molar-refractivity contribution in [2.75, 3.05) is 24.7 Å². The lowest BCUT2D eigenvalue weighted by Crippen LogP contribution is -2.51. The van der Waals surface area contributed by atoms with Crippen LogP contribution >= 0.6 is 27.5 Å². The van der Waals surface area contributed by atoms with Crippen molar-refractivity contribution in [3.8, 4) is 0 Å². The molecule has 0 saturated carbocycles. The Bertz CT molecular complexity index is 420. The molecule has 0 aromatic heterocycles. The van der Waals surface area contributed by atoms with E-state index in [4.69, 9.17) is 16.3 Å². The van der Waals surface area contributed by atoms with E-state index in [0.717, 1.165) is 35.7 Å². The molecule has 2 nitrogen and oxygen atoms in total. The minimum atomic E-state index is 0.546. The van der Waals surface area contributed by atoms with E-state index in [0.29, 0.717) is 6.04 Å². The third-order valence-electron chi connectivity index (χ3n) is 3.33. The molecule has 2 heterocycles. The summed E-state index contributed by atoms with van der Waals surface area (Å²) in [6, 6.07) is 4.62. The third-order valence-corrected chi connectivity index (χ3v) is 4.26. The Labute approximate surface area is 109 Å². The zero-order chi connectivity index (χ0) is 11.1. The Balaban J connectivity index is 2.02. The molecular weight excluding hydrogens is 289 g/mol. The number of halogens is 2. The van der Waals surface area contributed by atoms with Crippen molar-refractivity contribution in [1.29, 1.82) is 0 Å². The van der Waals surface area contributed by atoms with E-state index in [9.17, 15) is 0 Å². The molecule has 0 unspecified atom stereocenters. The molecule has 0 atom stereocenters. The average molecular weight is 303 g/mol. The van der Waals surface area contributed by atoms with Crippen LogP contribution in [0.4, 0.5) is 5.69 Å². The molecule has 0 amide bonds. The highest BCUT2D eigenvalue weighted by Crippen LogP contribution is 2.37. The number of benzene rings is 1. The fraction of sp³-hybridized carbons (Fsp3) is 0.500. The van der Waals surface area contributed by atoms with Crippen molar-refractivity contribution in [2.45, 2.75) is 18.9 Å². The lowest BCUT2D eigenvalue weighted by molar-refractivity contribution is 0.00756. The number of anilines is 1. The number of hydrogen-bond acceptors (Lipinski definition) is 2.